The van der Waals surface area contributed by atoms with Crippen LogP contribution in [0, 0.1) is 6.92 Å². The van der Waals surface area contributed by atoms with Crippen LogP contribution in [0.5, 0.6) is 0 Å². The molecule has 19 heavy (non-hydrogen) atoms. The lowest BCUT2D eigenvalue weighted by molar-refractivity contribution is 0.272. The third kappa shape index (κ3) is 2.29. The number of hydrogen-bond acceptors (Lipinski definition) is 5. The molecule has 1 aromatic heterocycles. The van der Waals surface area contributed by atoms with E-state index in [2.05, 4.69) is 10.1 Å². The first-order valence-corrected chi connectivity index (χ1v) is 6.51. The average Bonchev–Trinajstić information content (AvgIpc) is 2.37. The predicted molar refractivity (Wildman–Crippen MR) is 73.5 cm³/mol. The highest BCUT2D eigenvalue weighted by Gasteiger charge is 2.32. The molecule has 3 heterocycles. The summed E-state index contributed by atoms with van der Waals surface area (Å²) in [4.78, 5) is 4.44. The molecule has 5 nitrogen and oxygen atoms in total. The summed E-state index contributed by atoms with van der Waals surface area (Å²) in [6, 6.07) is 5.68. The predicted octanol–water partition coefficient (Wildman–Crippen LogP) is 0.512. The Balaban J connectivity index is 2.10. The van der Waals surface area contributed by atoms with Crippen LogP contribution in [-0.4, -0.2) is 46.0 Å². The molecule has 0 saturated carbocycles. The number of nitrogens with zero attached hydrogens (tertiary/aromatic N) is 3. The molecule has 0 radical (unpaired) electrons. The van der Waals surface area contributed by atoms with Crippen LogP contribution in [0.25, 0.3) is 0 Å². The van der Waals surface area contributed by atoms with Crippen molar-refractivity contribution in [1.29, 1.82) is 0 Å². The van der Waals surface area contributed by atoms with Crippen LogP contribution in [0.1, 0.15) is 24.2 Å². The SMILES string of the molecule is Cc1cccc(C2=NN3CCCC(=C2B(O)O)C3)n1. The van der Waals surface area contributed by atoms with E-state index in [1.165, 1.54) is 0 Å². The van der Waals surface area contributed by atoms with Gasteiger partial charge in [-0.25, -0.2) is 0 Å². The van der Waals surface area contributed by atoms with Gasteiger partial charge in [-0.15, -0.1) is 0 Å². The number of aryl methyl sites for hydroxylation is 1. The minimum absolute atomic E-state index is 0.536. The number of hydrogen-bond donors (Lipinski definition) is 2. The van der Waals surface area contributed by atoms with Crippen LogP contribution in [0.2, 0.25) is 0 Å². The van der Waals surface area contributed by atoms with Crippen molar-refractivity contribution in [2.45, 2.75) is 19.8 Å². The smallest absolute Gasteiger partial charge is 0.423 e. The monoisotopic (exact) mass is 257 g/mol. The largest absolute Gasteiger partial charge is 0.490 e. The van der Waals surface area contributed by atoms with Crippen LogP contribution in [-0.2, 0) is 0 Å². The van der Waals surface area contributed by atoms with Gasteiger partial charge in [-0.05, 0) is 37.5 Å². The Morgan fingerprint density at radius 2 is 2.16 bits per heavy atom. The van der Waals surface area contributed by atoms with Crippen molar-refractivity contribution in [1.82, 2.24) is 9.99 Å². The van der Waals surface area contributed by atoms with Gasteiger partial charge in [0.25, 0.3) is 0 Å². The zero-order chi connectivity index (χ0) is 13.4. The van der Waals surface area contributed by atoms with Gasteiger partial charge in [0, 0.05) is 17.7 Å². The van der Waals surface area contributed by atoms with Crippen LogP contribution < -0.4 is 0 Å². The van der Waals surface area contributed by atoms with E-state index in [4.69, 9.17) is 0 Å². The zero-order valence-electron chi connectivity index (χ0n) is 10.9. The van der Waals surface area contributed by atoms with Gasteiger partial charge in [-0.2, -0.15) is 5.10 Å². The van der Waals surface area contributed by atoms with Crippen molar-refractivity contribution >= 4 is 12.8 Å². The van der Waals surface area contributed by atoms with Crippen molar-refractivity contribution in [3.63, 3.8) is 0 Å². The second kappa shape index (κ2) is 4.79. The molecule has 3 rings (SSSR count). The summed E-state index contributed by atoms with van der Waals surface area (Å²) in [7, 11) is -1.49. The molecule has 2 aliphatic rings. The van der Waals surface area contributed by atoms with E-state index in [1.54, 1.807) is 0 Å². The van der Waals surface area contributed by atoms with E-state index >= 15 is 0 Å². The maximum Gasteiger partial charge on any atom is 0.490 e. The molecular weight excluding hydrogens is 241 g/mol. The first-order valence-electron chi connectivity index (χ1n) is 6.51. The van der Waals surface area contributed by atoms with Crippen LogP contribution in [0.3, 0.4) is 0 Å². The molecular formula is C13H16BN3O2. The van der Waals surface area contributed by atoms with Gasteiger partial charge in [0.2, 0.25) is 0 Å². The topological polar surface area (TPSA) is 69.0 Å². The van der Waals surface area contributed by atoms with Gasteiger partial charge in [0.1, 0.15) is 5.71 Å². The summed E-state index contributed by atoms with van der Waals surface area (Å²) in [5, 5.41) is 25.8. The van der Waals surface area contributed by atoms with Gasteiger partial charge in [0.05, 0.1) is 12.2 Å². The van der Waals surface area contributed by atoms with Gasteiger partial charge < -0.3 is 10.0 Å². The number of hydrazone groups is 1. The van der Waals surface area contributed by atoms with Crippen molar-refractivity contribution in [3.05, 3.63) is 40.6 Å². The molecule has 98 valence electrons. The minimum Gasteiger partial charge on any atom is -0.423 e. The number of pyridine rings is 1. The van der Waals surface area contributed by atoms with Gasteiger partial charge >= 0.3 is 7.12 Å². The second-order valence-corrected chi connectivity index (χ2v) is 5.00. The number of piperidine rings is 1. The highest BCUT2D eigenvalue weighted by atomic mass is 16.4. The number of allylic oxidation sites excluding steroid dienone is 1. The van der Waals surface area contributed by atoms with Crippen molar-refractivity contribution in [3.8, 4) is 0 Å². The maximum atomic E-state index is 9.66. The van der Waals surface area contributed by atoms with Crippen LogP contribution in [0.15, 0.2) is 34.3 Å². The van der Waals surface area contributed by atoms with Crippen molar-refractivity contribution in [2.24, 2.45) is 5.10 Å². The lowest BCUT2D eigenvalue weighted by Crippen LogP contribution is -2.38. The minimum atomic E-state index is -1.49. The molecule has 0 atom stereocenters. The quantitative estimate of drug-likeness (QED) is 0.757. The Morgan fingerprint density at radius 3 is 2.89 bits per heavy atom. The van der Waals surface area contributed by atoms with Gasteiger partial charge in [0.15, 0.2) is 0 Å². The molecule has 1 aromatic rings. The summed E-state index contributed by atoms with van der Waals surface area (Å²) in [6.07, 6.45) is 1.90. The highest BCUT2D eigenvalue weighted by Crippen LogP contribution is 2.27. The molecule has 6 heteroatoms. The fourth-order valence-electron chi connectivity index (χ4n) is 2.69. The molecule has 1 fully saturated rings. The third-order valence-corrected chi connectivity index (χ3v) is 3.53. The molecule has 0 aromatic carbocycles. The summed E-state index contributed by atoms with van der Waals surface area (Å²) in [5.74, 6) is 0. The molecule has 0 unspecified atom stereocenters. The zero-order valence-corrected chi connectivity index (χ0v) is 10.9. The molecule has 1 saturated heterocycles. The molecule has 0 aliphatic carbocycles. The lowest BCUT2D eigenvalue weighted by Gasteiger charge is -2.33. The Hall–Kier alpha value is -1.66. The summed E-state index contributed by atoms with van der Waals surface area (Å²) in [6.45, 7) is 3.52. The Labute approximate surface area is 112 Å². The number of rotatable bonds is 2. The van der Waals surface area contributed by atoms with E-state index in [1.807, 2.05) is 30.1 Å². The summed E-state index contributed by atoms with van der Waals surface area (Å²) in [5.41, 5.74) is 3.79. The standard InChI is InChI=1S/C13H16BN3O2/c1-9-4-2-6-11(15-9)13-12(14(18)19)10-5-3-7-17(8-10)16-13/h2,4,6,18-19H,3,5,7-8H2,1H3. The fraction of sp³-hybridized carbons (Fsp3) is 0.385. The third-order valence-electron chi connectivity index (χ3n) is 3.53. The van der Waals surface area contributed by atoms with E-state index < -0.39 is 7.12 Å². The summed E-state index contributed by atoms with van der Waals surface area (Å²) >= 11 is 0. The highest BCUT2D eigenvalue weighted by molar-refractivity contribution is 6.61. The molecule has 0 spiro atoms. The summed E-state index contributed by atoms with van der Waals surface area (Å²) < 4.78 is 0. The second-order valence-electron chi connectivity index (χ2n) is 5.00. The van der Waals surface area contributed by atoms with Gasteiger partial charge in [-0.3, -0.25) is 9.99 Å². The lowest BCUT2D eigenvalue weighted by atomic mass is 9.70. The Morgan fingerprint density at radius 1 is 1.32 bits per heavy atom. The molecule has 0 amide bonds. The molecule has 2 bridgehead atoms. The average molecular weight is 257 g/mol. The van der Waals surface area contributed by atoms with E-state index in [0.717, 1.165) is 30.7 Å². The normalized spacial score (nSPS) is 18.5. The molecule has 2 N–H and O–H groups in total. The fourth-order valence-corrected chi connectivity index (χ4v) is 2.69. The number of fused-ring (bicyclic) bond motifs is 2. The van der Waals surface area contributed by atoms with Crippen LogP contribution in [0.4, 0.5) is 0 Å². The Kier molecular flexibility index (Phi) is 3.12. The van der Waals surface area contributed by atoms with Crippen LogP contribution >= 0.6 is 0 Å². The van der Waals surface area contributed by atoms with Gasteiger partial charge in [-0.1, -0.05) is 6.07 Å². The molecule has 2 aliphatic heterocycles. The maximum absolute atomic E-state index is 9.66. The van der Waals surface area contributed by atoms with Crippen molar-refractivity contribution in [2.75, 3.05) is 13.1 Å². The van der Waals surface area contributed by atoms with E-state index in [0.29, 0.717) is 23.4 Å². The first kappa shape index (κ1) is 12.4. The van der Waals surface area contributed by atoms with Crippen molar-refractivity contribution < 1.29 is 10.0 Å². The van der Waals surface area contributed by atoms with E-state index in [-0.39, 0.29) is 0 Å². The Bertz CT molecular complexity index is 569. The first-order chi connectivity index (χ1) is 9.15. The van der Waals surface area contributed by atoms with E-state index in [9.17, 15) is 10.0 Å². The number of aromatic nitrogens is 1.